The minimum absolute atomic E-state index is 0.589. The summed E-state index contributed by atoms with van der Waals surface area (Å²) in [6.07, 6.45) is 2.05. The van der Waals surface area contributed by atoms with Crippen LogP contribution < -0.4 is 0 Å². The molecule has 1 aromatic carbocycles. The largest absolute Gasteiger partial charge is 0.441 e. The summed E-state index contributed by atoms with van der Waals surface area (Å²) < 4.78 is 5.41. The van der Waals surface area contributed by atoms with Crippen LogP contribution in [0.5, 0.6) is 0 Å². The lowest BCUT2D eigenvalue weighted by Crippen LogP contribution is -2.09. The van der Waals surface area contributed by atoms with Crippen molar-refractivity contribution in [2.45, 2.75) is 13.5 Å². The predicted molar refractivity (Wildman–Crippen MR) is 55.8 cm³/mol. The van der Waals surface area contributed by atoms with Crippen LogP contribution in [0.15, 0.2) is 22.6 Å². The van der Waals surface area contributed by atoms with Crippen LogP contribution in [0.1, 0.15) is 11.5 Å². The third-order valence-corrected chi connectivity index (χ3v) is 2.15. The standard InChI is InChI=1S/C11H11N3O/c1-8-13-10-4-3-9(5-11(10)15-8)6-14(2)7-12/h3-5H,6H2,1-2H3. The third-order valence-electron chi connectivity index (χ3n) is 2.15. The zero-order valence-electron chi connectivity index (χ0n) is 8.69. The molecule has 0 bridgehead atoms. The molecule has 4 nitrogen and oxygen atoms in total. The Morgan fingerprint density at radius 1 is 1.53 bits per heavy atom. The molecule has 15 heavy (non-hydrogen) atoms. The summed E-state index contributed by atoms with van der Waals surface area (Å²) >= 11 is 0. The van der Waals surface area contributed by atoms with Gasteiger partial charge in [-0.05, 0) is 17.7 Å². The Kier molecular flexibility index (Phi) is 2.30. The molecule has 2 aromatic rings. The molecule has 0 aliphatic carbocycles. The van der Waals surface area contributed by atoms with Crippen LogP contribution in [0.25, 0.3) is 11.1 Å². The maximum Gasteiger partial charge on any atom is 0.192 e. The Hall–Kier alpha value is -2.02. The molecule has 0 saturated heterocycles. The number of aryl methyl sites for hydroxylation is 1. The third kappa shape index (κ3) is 1.91. The maximum atomic E-state index is 8.65. The van der Waals surface area contributed by atoms with Crippen LogP contribution in [-0.4, -0.2) is 16.9 Å². The first-order chi connectivity index (χ1) is 7.19. The van der Waals surface area contributed by atoms with Gasteiger partial charge in [0.25, 0.3) is 0 Å². The van der Waals surface area contributed by atoms with Crippen molar-refractivity contribution < 1.29 is 4.42 Å². The van der Waals surface area contributed by atoms with Gasteiger partial charge in [-0.2, -0.15) is 5.26 Å². The van der Waals surface area contributed by atoms with Gasteiger partial charge in [-0.25, -0.2) is 4.98 Å². The van der Waals surface area contributed by atoms with Crippen LogP contribution in [-0.2, 0) is 6.54 Å². The van der Waals surface area contributed by atoms with E-state index in [4.69, 9.17) is 9.68 Å². The number of benzene rings is 1. The molecule has 0 amide bonds. The highest BCUT2D eigenvalue weighted by Gasteiger charge is 2.04. The zero-order chi connectivity index (χ0) is 10.8. The number of aromatic nitrogens is 1. The minimum atomic E-state index is 0.589. The monoisotopic (exact) mass is 201 g/mol. The van der Waals surface area contributed by atoms with E-state index in [0.717, 1.165) is 16.7 Å². The normalized spacial score (nSPS) is 10.2. The molecular formula is C11H11N3O. The van der Waals surface area contributed by atoms with E-state index < -0.39 is 0 Å². The molecule has 0 unspecified atom stereocenters. The summed E-state index contributed by atoms with van der Waals surface area (Å²) in [5, 5.41) is 8.65. The van der Waals surface area contributed by atoms with Gasteiger partial charge in [0, 0.05) is 14.0 Å². The molecule has 0 atom stereocenters. The topological polar surface area (TPSA) is 53.1 Å². The molecule has 2 rings (SSSR count). The van der Waals surface area contributed by atoms with Crippen LogP contribution in [0.2, 0.25) is 0 Å². The van der Waals surface area contributed by atoms with Crippen molar-refractivity contribution in [2.75, 3.05) is 7.05 Å². The van der Waals surface area contributed by atoms with E-state index >= 15 is 0 Å². The fraction of sp³-hybridized carbons (Fsp3) is 0.273. The van der Waals surface area contributed by atoms with Crippen LogP contribution in [0, 0.1) is 18.4 Å². The quantitative estimate of drug-likeness (QED) is 0.551. The van der Waals surface area contributed by atoms with E-state index in [9.17, 15) is 0 Å². The number of hydrogen-bond donors (Lipinski definition) is 0. The average molecular weight is 201 g/mol. The second-order valence-electron chi connectivity index (χ2n) is 3.49. The van der Waals surface area contributed by atoms with Crippen LogP contribution in [0.4, 0.5) is 0 Å². The molecule has 76 valence electrons. The van der Waals surface area contributed by atoms with Crippen molar-refractivity contribution in [3.63, 3.8) is 0 Å². The maximum absolute atomic E-state index is 8.65. The van der Waals surface area contributed by atoms with E-state index in [-0.39, 0.29) is 0 Å². The number of fused-ring (bicyclic) bond motifs is 1. The van der Waals surface area contributed by atoms with Gasteiger partial charge in [-0.1, -0.05) is 6.07 Å². The summed E-state index contributed by atoms with van der Waals surface area (Å²) in [4.78, 5) is 5.77. The molecule has 0 radical (unpaired) electrons. The Labute approximate surface area is 87.7 Å². The van der Waals surface area contributed by atoms with Crippen molar-refractivity contribution in [3.05, 3.63) is 29.7 Å². The smallest absolute Gasteiger partial charge is 0.192 e. The molecule has 4 heteroatoms. The van der Waals surface area contributed by atoms with Gasteiger partial charge in [0.15, 0.2) is 17.7 Å². The summed E-state index contributed by atoms with van der Waals surface area (Å²) in [5.41, 5.74) is 2.68. The van der Waals surface area contributed by atoms with Crippen LogP contribution in [0.3, 0.4) is 0 Å². The molecule has 1 heterocycles. The first kappa shape index (κ1) is 9.53. The highest BCUT2D eigenvalue weighted by atomic mass is 16.3. The van der Waals surface area contributed by atoms with Gasteiger partial charge in [0.05, 0.1) is 6.54 Å². The van der Waals surface area contributed by atoms with Crippen LogP contribution >= 0.6 is 0 Å². The fourth-order valence-electron chi connectivity index (χ4n) is 1.49. The summed E-state index contributed by atoms with van der Waals surface area (Å²) in [5.74, 6) is 0.663. The fourth-order valence-corrected chi connectivity index (χ4v) is 1.49. The molecule has 1 aromatic heterocycles. The second-order valence-corrected chi connectivity index (χ2v) is 3.49. The number of rotatable bonds is 2. The highest BCUT2D eigenvalue weighted by Crippen LogP contribution is 2.17. The van der Waals surface area contributed by atoms with Gasteiger partial charge in [0.2, 0.25) is 0 Å². The molecule has 0 N–H and O–H groups in total. The number of oxazole rings is 1. The lowest BCUT2D eigenvalue weighted by atomic mass is 10.2. The average Bonchev–Trinajstić information content (AvgIpc) is 2.57. The van der Waals surface area contributed by atoms with Crippen molar-refractivity contribution in [3.8, 4) is 6.19 Å². The Bertz CT molecular complexity index is 524. The summed E-state index contributed by atoms with van der Waals surface area (Å²) in [6, 6.07) is 5.79. The second kappa shape index (κ2) is 3.62. The SMILES string of the molecule is Cc1nc2ccc(CN(C)C#N)cc2o1. The summed E-state index contributed by atoms with van der Waals surface area (Å²) in [6.45, 7) is 2.41. The number of hydrogen-bond acceptors (Lipinski definition) is 4. The van der Waals surface area contributed by atoms with E-state index in [1.54, 1.807) is 11.9 Å². The minimum Gasteiger partial charge on any atom is -0.441 e. The van der Waals surface area contributed by atoms with E-state index in [1.165, 1.54) is 0 Å². The lowest BCUT2D eigenvalue weighted by Gasteiger charge is -2.07. The first-order valence-corrected chi connectivity index (χ1v) is 4.66. The van der Waals surface area contributed by atoms with E-state index in [0.29, 0.717) is 12.4 Å². The van der Waals surface area contributed by atoms with E-state index in [1.807, 2.05) is 25.1 Å². The number of nitrogens with zero attached hydrogens (tertiary/aromatic N) is 3. The van der Waals surface area contributed by atoms with Gasteiger partial charge in [-0.15, -0.1) is 0 Å². The van der Waals surface area contributed by atoms with Crippen molar-refractivity contribution in [1.29, 1.82) is 5.26 Å². The molecular weight excluding hydrogens is 190 g/mol. The summed E-state index contributed by atoms with van der Waals surface area (Å²) in [7, 11) is 1.75. The van der Waals surface area contributed by atoms with Crippen molar-refractivity contribution in [1.82, 2.24) is 9.88 Å². The van der Waals surface area contributed by atoms with Gasteiger partial charge in [0.1, 0.15) is 5.52 Å². The van der Waals surface area contributed by atoms with Gasteiger partial charge >= 0.3 is 0 Å². The lowest BCUT2D eigenvalue weighted by molar-refractivity contribution is 0.469. The highest BCUT2D eigenvalue weighted by molar-refractivity contribution is 5.73. The predicted octanol–water partition coefficient (Wildman–Crippen LogP) is 2.05. The first-order valence-electron chi connectivity index (χ1n) is 4.66. The molecule has 0 spiro atoms. The molecule has 0 aliphatic rings. The Morgan fingerprint density at radius 3 is 3.07 bits per heavy atom. The number of nitriles is 1. The van der Waals surface area contributed by atoms with Gasteiger partial charge < -0.3 is 9.32 Å². The van der Waals surface area contributed by atoms with Crippen molar-refractivity contribution in [2.24, 2.45) is 0 Å². The molecule has 0 fully saturated rings. The molecule has 0 saturated carbocycles. The molecule has 0 aliphatic heterocycles. The van der Waals surface area contributed by atoms with Gasteiger partial charge in [-0.3, -0.25) is 0 Å². The Morgan fingerprint density at radius 2 is 2.33 bits per heavy atom. The zero-order valence-corrected chi connectivity index (χ0v) is 8.69. The van der Waals surface area contributed by atoms with E-state index in [2.05, 4.69) is 11.2 Å². The Balaban J connectivity index is 2.35. The van der Waals surface area contributed by atoms with Crippen molar-refractivity contribution >= 4 is 11.1 Å².